The van der Waals surface area contributed by atoms with Crippen molar-refractivity contribution in [3.05, 3.63) is 45.6 Å². The van der Waals surface area contributed by atoms with Gasteiger partial charge in [0.25, 0.3) is 11.7 Å². The van der Waals surface area contributed by atoms with Crippen LogP contribution in [0.5, 0.6) is 17.2 Å². The van der Waals surface area contributed by atoms with Gasteiger partial charge < -0.3 is 54.3 Å². The minimum atomic E-state index is -1.98. The van der Waals surface area contributed by atoms with Crippen LogP contribution in [0.3, 0.4) is 0 Å². The van der Waals surface area contributed by atoms with Crippen LogP contribution in [-0.2, 0) is 28.5 Å². The number of anilines is 1. The second-order valence-electron chi connectivity index (χ2n) is 18.6. The molecule has 0 saturated carbocycles. The first-order chi connectivity index (χ1) is 29.1. The Kier molecular flexibility index (Phi) is 12.4. The van der Waals surface area contributed by atoms with Crippen molar-refractivity contribution in [1.82, 2.24) is 4.90 Å². The molecule has 16 nitrogen and oxygen atoms in total. The Labute approximate surface area is 361 Å². The number of carbonyl (C=O) groups excluding carboxylic acids is 3. The number of aliphatic hydroxyl groups is 2. The monoisotopic (exact) mass is 862 g/mol. The number of hydrogen-bond donors (Lipinski definition) is 5. The highest BCUT2D eigenvalue weighted by atomic mass is 16.8. The standard InChI is InChI=1S/C46H62N4O12/c1-20(2)19-50-17-15-46(16-18-50)48-31-28-29-36(54)25(7)39-30(28)42(56)45(10,61-39)62-44-41(60-44)40(58-11)26(8)38(59-27(9)51)24(6)35(53)23(5)34(52)21(3)13-12-14-22(4)43(57)47-33(37(29)55)32(31)49-46/h12-14,20-21,23-24,26,34-35,38,40-41,44,52-55H,15-19H2,1-11H3,(H,47,57)/b13-12+,22-14-/t21-,23+,24+,26-,34-,35+,38-,40+,41?,44?,45+/m0/s1. The number of amides is 1. The lowest BCUT2D eigenvalue weighted by molar-refractivity contribution is -0.163. The van der Waals surface area contributed by atoms with E-state index in [4.69, 9.17) is 33.7 Å². The Balaban J connectivity index is 1.38. The van der Waals surface area contributed by atoms with E-state index in [0.717, 1.165) is 6.54 Å². The molecule has 338 valence electrons. The summed E-state index contributed by atoms with van der Waals surface area (Å²) in [7, 11) is 1.48. The molecule has 2 aromatic rings. The van der Waals surface area contributed by atoms with E-state index in [1.807, 2.05) is 0 Å². The third-order valence-corrected chi connectivity index (χ3v) is 13.5. The van der Waals surface area contributed by atoms with Gasteiger partial charge in [0, 0.05) is 93.6 Å². The van der Waals surface area contributed by atoms with Crippen LogP contribution in [0, 0.1) is 36.5 Å². The Morgan fingerprint density at radius 2 is 1.63 bits per heavy atom. The van der Waals surface area contributed by atoms with Crippen LogP contribution in [0.15, 0.2) is 33.8 Å². The van der Waals surface area contributed by atoms with E-state index in [0.29, 0.717) is 31.8 Å². The molecule has 16 heteroatoms. The molecule has 0 radical (unpaired) electrons. The summed E-state index contributed by atoms with van der Waals surface area (Å²) in [6.07, 6.45) is 0.384. The van der Waals surface area contributed by atoms with Crippen LogP contribution in [-0.4, -0.2) is 118 Å². The maximum absolute atomic E-state index is 14.9. The molecule has 2 aromatic carbocycles. The summed E-state index contributed by atoms with van der Waals surface area (Å²) in [6, 6.07) is 0. The number of allylic oxidation sites excluding steroid dienone is 2. The number of aromatic hydroxyl groups is 2. The molecule has 5 aliphatic heterocycles. The number of aliphatic hydroxyl groups excluding tert-OH is 2. The first-order valence-electron chi connectivity index (χ1n) is 21.7. The molecule has 5 N–H and O–H groups in total. The Morgan fingerprint density at radius 3 is 2.26 bits per heavy atom. The first-order valence-corrected chi connectivity index (χ1v) is 21.7. The summed E-state index contributed by atoms with van der Waals surface area (Å²) in [5.41, 5.74) is -0.596. The van der Waals surface area contributed by atoms with Crippen molar-refractivity contribution in [1.29, 1.82) is 0 Å². The number of rotatable bonds is 4. The Hall–Kier alpha value is -4.45. The van der Waals surface area contributed by atoms with E-state index in [2.05, 4.69) is 24.1 Å². The third kappa shape index (κ3) is 8.02. The SMILES string of the molecule is CO[C@H]1C2OC2O[C@@]2(C)Oc3c(C)c(O)c4c(O)c(c5c(c4c3C2=O)=NC2(CCN(CC(C)C)CC2)N=5)NC(=O)/C(C)=C\C=C\[C@H](C)[C@H](O)[C@@H](C)[C@@H](O)[C@@H](C)[C@H](OC(C)=O)[C@@H]1C. The van der Waals surface area contributed by atoms with Crippen LogP contribution in [0.2, 0.25) is 0 Å². The number of ether oxygens (including phenoxy) is 5. The fourth-order valence-corrected chi connectivity index (χ4v) is 9.79. The van der Waals surface area contributed by atoms with Gasteiger partial charge in [0.2, 0.25) is 5.78 Å². The second kappa shape index (κ2) is 16.9. The van der Waals surface area contributed by atoms with Crippen LogP contribution >= 0.6 is 0 Å². The average molecular weight is 863 g/mol. The molecule has 0 aromatic heterocycles. The minimum absolute atomic E-state index is 0.0307. The topological polar surface area (TPSA) is 222 Å². The van der Waals surface area contributed by atoms with E-state index in [1.165, 1.54) is 21.0 Å². The number of phenolic OH excluding ortho intramolecular Hbond substituents is 2. The van der Waals surface area contributed by atoms with Crippen molar-refractivity contribution < 1.29 is 58.5 Å². The van der Waals surface area contributed by atoms with Gasteiger partial charge in [-0.05, 0) is 19.8 Å². The molecule has 4 bridgehead atoms. The molecule has 0 aliphatic carbocycles. The normalized spacial score (nSPS) is 35.1. The van der Waals surface area contributed by atoms with Crippen molar-refractivity contribution in [3.8, 4) is 17.2 Å². The van der Waals surface area contributed by atoms with Crippen LogP contribution < -0.4 is 20.8 Å². The number of carbonyl (C=O) groups is 3. The molecule has 2 fully saturated rings. The fourth-order valence-electron chi connectivity index (χ4n) is 9.79. The largest absolute Gasteiger partial charge is 0.507 e. The van der Waals surface area contributed by atoms with Gasteiger partial charge in [0.1, 0.15) is 34.8 Å². The number of phenols is 2. The van der Waals surface area contributed by atoms with Gasteiger partial charge >= 0.3 is 5.97 Å². The average Bonchev–Trinajstić information content (AvgIpc) is 3.77. The van der Waals surface area contributed by atoms with Crippen molar-refractivity contribution in [2.45, 2.75) is 130 Å². The molecule has 1 spiro atoms. The van der Waals surface area contributed by atoms with E-state index < -0.39 is 95.3 Å². The molecule has 5 heterocycles. The summed E-state index contributed by atoms with van der Waals surface area (Å²) < 4.78 is 30.5. The lowest BCUT2D eigenvalue weighted by Crippen LogP contribution is -2.48. The van der Waals surface area contributed by atoms with E-state index >= 15 is 0 Å². The number of nitrogens with one attached hydrogen (secondary N) is 1. The molecular formula is C46H62N4O12. The van der Waals surface area contributed by atoms with Gasteiger partial charge in [0.15, 0.2) is 17.7 Å². The van der Waals surface area contributed by atoms with Gasteiger partial charge in [-0.25, -0.2) is 0 Å². The number of benzene rings is 2. The van der Waals surface area contributed by atoms with Gasteiger partial charge in [-0.15, -0.1) is 0 Å². The number of nitrogens with zero attached hydrogens (tertiary/aromatic N) is 3. The zero-order valence-corrected chi connectivity index (χ0v) is 37.5. The summed E-state index contributed by atoms with van der Waals surface area (Å²) in [6.45, 7) is 19.5. The molecule has 7 rings (SSSR count). The van der Waals surface area contributed by atoms with Gasteiger partial charge in [-0.2, -0.15) is 0 Å². The smallest absolute Gasteiger partial charge is 0.302 e. The molecule has 1 amide bonds. The van der Waals surface area contributed by atoms with Crippen molar-refractivity contribution in [3.63, 3.8) is 0 Å². The van der Waals surface area contributed by atoms with Crippen molar-refractivity contribution in [2.24, 2.45) is 39.6 Å². The van der Waals surface area contributed by atoms with Crippen molar-refractivity contribution in [2.75, 3.05) is 32.1 Å². The lowest BCUT2D eigenvalue weighted by Gasteiger charge is -2.38. The molecule has 2 unspecified atom stereocenters. The van der Waals surface area contributed by atoms with E-state index in [9.17, 15) is 34.8 Å². The highest BCUT2D eigenvalue weighted by Crippen LogP contribution is 2.51. The van der Waals surface area contributed by atoms with Crippen LogP contribution in [0.4, 0.5) is 5.69 Å². The number of epoxide rings is 1. The first kappa shape index (κ1) is 45.6. The fraction of sp³-hybridized carbons (Fsp3) is 0.630. The predicted octanol–water partition coefficient (Wildman–Crippen LogP) is 3.96. The maximum Gasteiger partial charge on any atom is 0.302 e. The van der Waals surface area contributed by atoms with Crippen LogP contribution in [0.1, 0.15) is 91.1 Å². The summed E-state index contributed by atoms with van der Waals surface area (Å²) in [5, 5.41) is 50.4. The highest BCUT2D eigenvalue weighted by Gasteiger charge is 2.58. The van der Waals surface area contributed by atoms with Gasteiger partial charge in [-0.1, -0.05) is 59.8 Å². The zero-order chi connectivity index (χ0) is 45.3. The maximum atomic E-state index is 14.9. The van der Waals surface area contributed by atoms with Gasteiger partial charge in [-0.3, -0.25) is 24.4 Å². The molecule has 5 aliphatic rings. The second-order valence-corrected chi connectivity index (χ2v) is 18.6. The number of ketones is 1. The molecular weight excluding hydrogens is 801 g/mol. The Bertz CT molecular complexity index is 2340. The zero-order valence-electron chi connectivity index (χ0n) is 37.5. The number of hydrogen-bond acceptors (Lipinski definition) is 15. The molecule has 11 atom stereocenters. The number of piperidine rings is 1. The molecule has 2 saturated heterocycles. The van der Waals surface area contributed by atoms with Gasteiger partial charge in [0.05, 0.1) is 34.6 Å². The number of esters is 1. The quantitative estimate of drug-likeness (QED) is 0.167. The number of fused-ring (bicyclic) bond motifs is 2. The predicted molar refractivity (Wildman–Crippen MR) is 227 cm³/mol. The summed E-state index contributed by atoms with van der Waals surface area (Å²) >= 11 is 0. The number of likely N-dealkylation sites (tertiary alicyclic amines) is 1. The Morgan fingerprint density at radius 1 is 0.968 bits per heavy atom. The number of Topliss-reactive ketones (excluding diaryl/α,β-unsaturated/α-hetero) is 1. The minimum Gasteiger partial charge on any atom is -0.507 e. The third-order valence-electron chi connectivity index (χ3n) is 13.5. The van der Waals surface area contributed by atoms with E-state index in [-0.39, 0.29) is 55.4 Å². The summed E-state index contributed by atoms with van der Waals surface area (Å²) in [5.74, 6) is -6.55. The highest BCUT2D eigenvalue weighted by molar-refractivity contribution is 6.19. The summed E-state index contributed by atoms with van der Waals surface area (Å²) in [4.78, 5) is 53.9. The lowest BCUT2D eigenvalue weighted by atomic mass is 9.78. The van der Waals surface area contributed by atoms with Crippen molar-refractivity contribution >= 4 is 34.1 Å². The van der Waals surface area contributed by atoms with Crippen LogP contribution in [0.25, 0.3) is 10.8 Å². The number of methoxy groups -OCH3 is 1. The molecule has 62 heavy (non-hydrogen) atoms. The van der Waals surface area contributed by atoms with E-state index in [1.54, 1.807) is 59.8 Å².